The third-order valence-electron chi connectivity index (χ3n) is 5.25. The van der Waals surface area contributed by atoms with Gasteiger partial charge in [0, 0.05) is 11.8 Å². The molecule has 1 aliphatic rings. The summed E-state index contributed by atoms with van der Waals surface area (Å²) in [5, 5.41) is 18.0. The van der Waals surface area contributed by atoms with Gasteiger partial charge in [0.2, 0.25) is 0 Å². The van der Waals surface area contributed by atoms with Crippen LogP contribution in [0.25, 0.3) is 0 Å². The van der Waals surface area contributed by atoms with Gasteiger partial charge >= 0.3 is 6.09 Å². The molecule has 2 aromatic rings. The minimum absolute atomic E-state index is 0.00934. The molecule has 1 fully saturated rings. The first-order valence-electron chi connectivity index (χ1n) is 10.2. The van der Waals surface area contributed by atoms with Crippen molar-refractivity contribution in [3.05, 3.63) is 46.0 Å². The van der Waals surface area contributed by atoms with Crippen LogP contribution in [0.5, 0.6) is 0 Å². The molecule has 9 nitrogen and oxygen atoms in total. The lowest BCUT2D eigenvalue weighted by molar-refractivity contribution is 0.00478. The van der Waals surface area contributed by atoms with E-state index in [9.17, 15) is 14.7 Å². The van der Waals surface area contributed by atoms with Gasteiger partial charge in [0.05, 0.1) is 6.54 Å². The van der Waals surface area contributed by atoms with Crippen LogP contribution in [0.1, 0.15) is 70.8 Å². The van der Waals surface area contributed by atoms with Crippen molar-refractivity contribution in [3.8, 4) is 0 Å². The number of hydrogen-bond donors (Lipinski definition) is 2. The number of aromatic nitrogens is 3. The highest BCUT2D eigenvalue weighted by atomic mass is 16.6. The third-order valence-corrected chi connectivity index (χ3v) is 5.25. The highest BCUT2D eigenvalue weighted by molar-refractivity contribution is 5.69. The molecule has 9 heteroatoms. The standard InChI is InChI=1S/C21H30N4O5/c1-14-9-8-10-15(26)25(14)13-20(5,28)17-22-16(24-30-17)21(11-6-7-12-21)23-18(27)29-19(2,3)4/h8-10,28H,6-7,11-13H2,1-5H3,(H,23,27). The topological polar surface area (TPSA) is 119 Å². The molecule has 2 aromatic heterocycles. The molecule has 0 spiro atoms. The molecule has 0 radical (unpaired) electrons. The summed E-state index contributed by atoms with van der Waals surface area (Å²) >= 11 is 0. The lowest BCUT2D eigenvalue weighted by atomic mass is 9.96. The van der Waals surface area contributed by atoms with Gasteiger partial charge < -0.3 is 24.3 Å². The zero-order chi connectivity index (χ0) is 22.2. The minimum Gasteiger partial charge on any atom is -0.444 e. The SMILES string of the molecule is Cc1cccc(=O)n1CC(C)(O)c1nc(C2(NC(=O)OC(C)(C)C)CCCC2)no1. The Morgan fingerprint density at radius 3 is 2.57 bits per heavy atom. The van der Waals surface area contributed by atoms with E-state index in [1.54, 1.807) is 39.8 Å². The van der Waals surface area contributed by atoms with Crippen LogP contribution in [-0.2, 0) is 22.4 Å². The summed E-state index contributed by atoms with van der Waals surface area (Å²) in [5.41, 5.74) is -2.51. The van der Waals surface area contributed by atoms with E-state index < -0.39 is 22.8 Å². The Labute approximate surface area is 175 Å². The van der Waals surface area contributed by atoms with Gasteiger partial charge in [0.15, 0.2) is 11.4 Å². The number of carbonyl (C=O) groups excluding carboxylic acids is 1. The van der Waals surface area contributed by atoms with Crippen molar-refractivity contribution in [2.24, 2.45) is 0 Å². The maximum Gasteiger partial charge on any atom is 0.408 e. The molecule has 2 heterocycles. The number of pyridine rings is 1. The first-order valence-corrected chi connectivity index (χ1v) is 10.2. The van der Waals surface area contributed by atoms with Crippen LogP contribution < -0.4 is 10.9 Å². The van der Waals surface area contributed by atoms with Gasteiger partial charge in [0.25, 0.3) is 11.4 Å². The number of aliphatic hydroxyl groups is 1. The quantitative estimate of drug-likeness (QED) is 0.766. The molecular weight excluding hydrogens is 388 g/mol. The summed E-state index contributed by atoms with van der Waals surface area (Å²) in [6.45, 7) is 8.66. The second-order valence-electron chi connectivity index (χ2n) is 9.20. The van der Waals surface area contributed by atoms with Crippen LogP contribution in [0.15, 0.2) is 27.5 Å². The summed E-state index contributed by atoms with van der Waals surface area (Å²) in [4.78, 5) is 29.0. The monoisotopic (exact) mass is 418 g/mol. The normalized spacial score (nSPS) is 18.1. The zero-order valence-corrected chi connectivity index (χ0v) is 18.2. The van der Waals surface area contributed by atoms with Crippen LogP contribution >= 0.6 is 0 Å². The lowest BCUT2D eigenvalue weighted by Crippen LogP contribution is -2.46. The van der Waals surface area contributed by atoms with Crippen LogP contribution in [0, 0.1) is 6.92 Å². The van der Waals surface area contributed by atoms with E-state index in [0.717, 1.165) is 12.8 Å². The molecule has 0 aliphatic heterocycles. The summed E-state index contributed by atoms with van der Waals surface area (Å²) in [6.07, 6.45) is 2.53. The number of amides is 1. The lowest BCUT2D eigenvalue weighted by Gasteiger charge is -2.29. The summed E-state index contributed by atoms with van der Waals surface area (Å²) in [6, 6.07) is 4.88. The number of ether oxygens (including phenoxy) is 1. The number of carbonyl (C=O) groups is 1. The highest BCUT2D eigenvalue weighted by Crippen LogP contribution is 2.38. The largest absolute Gasteiger partial charge is 0.444 e. The van der Waals surface area contributed by atoms with E-state index in [1.165, 1.54) is 17.6 Å². The van der Waals surface area contributed by atoms with E-state index >= 15 is 0 Å². The molecule has 1 atom stereocenters. The van der Waals surface area contributed by atoms with Gasteiger partial charge in [-0.05, 0) is 53.5 Å². The third kappa shape index (κ3) is 4.72. The maximum absolute atomic E-state index is 12.4. The molecule has 0 bridgehead atoms. The first kappa shape index (κ1) is 22.0. The van der Waals surface area contributed by atoms with Crippen LogP contribution in [0.2, 0.25) is 0 Å². The Kier molecular flexibility index (Phi) is 5.77. The Balaban J connectivity index is 1.85. The van der Waals surface area contributed by atoms with E-state index in [0.29, 0.717) is 24.4 Å². The summed E-state index contributed by atoms with van der Waals surface area (Å²) < 4.78 is 12.2. The fourth-order valence-corrected chi connectivity index (χ4v) is 3.72. The zero-order valence-electron chi connectivity index (χ0n) is 18.2. The number of alkyl carbamates (subject to hydrolysis) is 1. The number of nitrogens with one attached hydrogen (secondary N) is 1. The maximum atomic E-state index is 12.4. The number of aryl methyl sites for hydroxylation is 1. The van der Waals surface area contributed by atoms with Crippen molar-refractivity contribution < 1.29 is 19.2 Å². The number of hydrogen-bond acceptors (Lipinski definition) is 7. The summed E-state index contributed by atoms with van der Waals surface area (Å²) in [5.74, 6) is 0.295. The minimum atomic E-state index is -1.56. The molecule has 2 N–H and O–H groups in total. The van der Waals surface area contributed by atoms with Crippen molar-refractivity contribution in [3.63, 3.8) is 0 Å². The van der Waals surface area contributed by atoms with Crippen molar-refractivity contribution in [1.82, 2.24) is 20.0 Å². The highest BCUT2D eigenvalue weighted by Gasteiger charge is 2.44. The molecule has 0 aromatic carbocycles. The van der Waals surface area contributed by atoms with E-state index in [-0.39, 0.29) is 18.0 Å². The van der Waals surface area contributed by atoms with E-state index in [4.69, 9.17) is 9.26 Å². The summed E-state index contributed by atoms with van der Waals surface area (Å²) in [7, 11) is 0. The first-order chi connectivity index (χ1) is 13.9. The molecular formula is C21H30N4O5. The number of nitrogens with zero attached hydrogens (tertiary/aromatic N) is 3. The average molecular weight is 418 g/mol. The predicted octanol–water partition coefficient (Wildman–Crippen LogP) is 2.74. The molecule has 164 valence electrons. The average Bonchev–Trinajstić information content (AvgIpc) is 3.27. The second-order valence-corrected chi connectivity index (χ2v) is 9.20. The molecule has 0 saturated heterocycles. The fraction of sp³-hybridized carbons (Fsp3) is 0.619. The van der Waals surface area contributed by atoms with Gasteiger partial charge in [-0.1, -0.05) is 24.1 Å². The Morgan fingerprint density at radius 1 is 1.30 bits per heavy atom. The van der Waals surface area contributed by atoms with Crippen molar-refractivity contribution in [2.45, 2.75) is 83.6 Å². The molecule has 30 heavy (non-hydrogen) atoms. The van der Waals surface area contributed by atoms with Crippen molar-refractivity contribution >= 4 is 6.09 Å². The molecule has 3 rings (SSSR count). The molecule has 1 unspecified atom stereocenters. The molecule has 1 aliphatic carbocycles. The fourth-order valence-electron chi connectivity index (χ4n) is 3.72. The van der Waals surface area contributed by atoms with Gasteiger partial charge in [0.1, 0.15) is 11.1 Å². The van der Waals surface area contributed by atoms with Gasteiger partial charge in [-0.3, -0.25) is 4.79 Å². The van der Waals surface area contributed by atoms with Gasteiger partial charge in [-0.2, -0.15) is 4.98 Å². The van der Waals surface area contributed by atoms with E-state index in [2.05, 4.69) is 15.5 Å². The predicted molar refractivity (Wildman–Crippen MR) is 109 cm³/mol. The smallest absolute Gasteiger partial charge is 0.408 e. The van der Waals surface area contributed by atoms with Gasteiger partial charge in [-0.25, -0.2) is 4.79 Å². The second kappa shape index (κ2) is 7.86. The Bertz CT molecular complexity index is 964. The Hall–Kier alpha value is -2.68. The van der Waals surface area contributed by atoms with E-state index in [1.807, 2.05) is 0 Å². The molecule has 1 amide bonds. The Morgan fingerprint density at radius 2 is 1.97 bits per heavy atom. The molecule has 1 saturated carbocycles. The van der Waals surface area contributed by atoms with Gasteiger partial charge in [-0.15, -0.1) is 0 Å². The van der Waals surface area contributed by atoms with Crippen molar-refractivity contribution in [1.29, 1.82) is 0 Å². The van der Waals surface area contributed by atoms with Crippen molar-refractivity contribution in [2.75, 3.05) is 0 Å². The number of rotatable bonds is 5. The van der Waals surface area contributed by atoms with Crippen LogP contribution in [0.3, 0.4) is 0 Å². The van der Waals surface area contributed by atoms with Crippen LogP contribution in [-0.4, -0.2) is 31.5 Å². The van der Waals surface area contributed by atoms with Crippen LogP contribution in [0.4, 0.5) is 4.79 Å².